The Hall–Kier alpha value is -0.710. The molecule has 1 heterocycles. The summed E-state index contributed by atoms with van der Waals surface area (Å²) < 4.78 is 0. The molecule has 3 rings (SSSR count). The van der Waals surface area contributed by atoms with Gasteiger partial charge in [0.2, 0.25) is 5.91 Å². The topological polar surface area (TPSA) is 41.1 Å². The van der Waals surface area contributed by atoms with Gasteiger partial charge in [0.15, 0.2) is 0 Å². The first-order valence-electron chi connectivity index (χ1n) is 7.98. The zero-order valence-corrected chi connectivity index (χ0v) is 14.7. The number of hydrogen-bond donors (Lipinski definition) is 2. The minimum absolute atomic E-state index is 0.162. The second kappa shape index (κ2) is 6.42. The van der Waals surface area contributed by atoms with Gasteiger partial charge in [-0.05, 0) is 56.0 Å². The van der Waals surface area contributed by atoms with Crippen molar-refractivity contribution in [2.24, 2.45) is 11.3 Å². The first-order valence-corrected chi connectivity index (χ1v) is 9.24. The van der Waals surface area contributed by atoms with Gasteiger partial charge in [0, 0.05) is 21.1 Å². The van der Waals surface area contributed by atoms with Crippen LogP contribution in [-0.2, 0) is 4.79 Å². The number of thioether (sulfide) groups is 1. The first kappa shape index (κ1) is 16.2. The van der Waals surface area contributed by atoms with Crippen molar-refractivity contribution in [3.05, 3.63) is 23.2 Å². The van der Waals surface area contributed by atoms with E-state index < -0.39 is 0 Å². The maximum atomic E-state index is 12.6. The first-order chi connectivity index (χ1) is 10.5. The van der Waals surface area contributed by atoms with Gasteiger partial charge in [0.1, 0.15) is 0 Å². The van der Waals surface area contributed by atoms with Crippen molar-refractivity contribution < 1.29 is 4.79 Å². The van der Waals surface area contributed by atoms with Gasteiger partial charge in [-0.1, -0.05) is 25.4 Å². The van der Waals surface area contributed by atoms with Gasteiger partial charge < -0.3 is 10.6 Å². The van der Waals surface area contributed by atoms with E-state index in [2.05, 4.69) is 24.5 Å². The zero-order chi connectivity index (χ0) is 15.7. The molecule has 1 aromatic rings. The molecule has 0 bridgehead atoms. The lowest BCUT2D eigenvalue weighted by Crippen LogP contribution is -2.31. The zero-order valence-electron chi connectivity index (χ0n) is 13.1. The average molecular weight is 339 g/mol. The maximum Gasteiger partial charge on any atom is 0.228 e. The highest BCUT2D eigenvalue weighted by Gasteiger charge is 2.57. The van der Waals surface area contributed by atoms with Gasteiger partial charge in [-0.2, -0.15) is 0 Å². The molecule has 1 aliphatic carbocycles. The highest BCUT2D eigenvalue weighted by molar-refractivity contribution is 8.00. The summed E-state index contributed by atoms with van der Waals surface area (Å²) in [5.41, 5.74) is 1.12. The van der Waals surface area contributed by atoms with Crippen molar-refractivity contribution in [1.29, 1.82) is 0 Å². The Morgan fingerprint density at radius 2 is 2.14 bits per heavy atom. The van der Waals surface area contributed by atoms with E-state index in [-0.39, 0.29) is 17.2 Å². The number of rotatable bonds is 4. The molecule has 3 nitrogen and oxygen atoms in total. The van der Waals surface area contributed by atoms with E-state index in [1.807, 2.05) is 18.2 Å². The van der Waals surface area contributed by atoms with Crippen LogP contribution in [0.3, 0.4) is 0 Å². The lowest BCUT2D eigenvalue weighted by molar-refractivity contribution is -0.118. The largest absolute Gasteiger partial charge is 0.325 e. The molecule has 1 unspecified atom stereocenters. The summed E-state index contributed by atoms with van der Waals surface area (Å²) in [7, 11) is 0. The van der Waals surface area contributed by atoms with Crippen LogP contribution < -0.4 is 10.6 Å². The second-order valence-electron chi connectivity index (χ2n) is 6.67. The van der Waals surface area contributed by atoms with Gasteiger partial charge in [0.25, 0.3) is 0 Å². The predicted molar refractivity (Wildman–Crippen MR) is 93.7 cm³/mol. The summed E-state index contributed by atoms with van der Waals surface area (Å²) in [4.78, 5) is 13.7. The third-order valence-corrected chi connectivity index (χ3v) is 5.98. The molecule has 1 spiro atoms. The molecule has 0 aromatic heterocycles. The highest BCUT2D eigenvalue weighted by atomic mass is 35.5. The van der Waals surface area contributed by atoms with Crippen LogP contribution in [0, 0.1) is 11.3 Å². The Balaban J connectivity index is 1.70. The van der Waals surface area contributed by atoms with Gasteiger partial charge in [-0.25, -0.2) is 0 Å². The van der Waals surface area contributed by atoms with Gasteiger partial charge in [-0.3, -0.25) is 4.79 Å². The fraction of sp³-hybridized carbons (Fsp3) is 0.588. The number of halogens is 1. The van der Waals surface area contributed by atoms with E-state index in [0.29, 0.717) is 10.3 Å². The molecule has 1 saturated carbocycles. The lowest BCUT2D eigenvalue weighted by atomic mass is 9.92. The number of amides is 1. The molecule has 22 heavy (non-hydrogen) atoms. The Kier molecular flexibility index (Phi) is 4.72. The predicted octanol–water partition coefficient (Wildman–Crippen LogP) is 4.17. The Bertz CT molecular complexity index is 570. The van der Waals surface area contributed by atoms with Gasteiger partial charge in [-0.15, -0.1) is 11.8 Å². The molecular formula is C17H23ClN2OS. The minimum atomic E-state index is 0.162. The quantitative estimate of drug-likeness (QED) is 0.809. The molecular weight excluding hydrogens is 316 g/mol. The number of anilines is 1. The maximum absolute atomic E-state index is 12.6. The smallest absolute Gasteiger partial charge is 0.228 e. The molecule has 1 saturated heterocycles. The monoisotopic (exact) mass is 338 g/mol. The Labute approximate surface area is 141 Å². The fourth-order valence-electron chi connectivity index (χ4n) is 3.37. The third kappa shape index (κ3) is 3.44. The standard InChI is InChI=1S/C17H23ClN2OS/c1-11(2)22-15-4-3-12(18)9-14(15)20-16(21)13-10-17(13)5-7-19-8-6-17/h3-4,9,11,13,19H,5-8,10H2,1-2H3,(H,20,21). The molecule has 1 atom stereocenters. The number of nitrogens with one attached hydrogen (secondary N) is 2. The van der Waals surface area contributed by atoms with Crippen LogP contribution >= 0.6 is 23.4 Å². The number of carbonyl (C=O) groups excluding carboxylic acids is 1. The Morgan fingerprint density at radius 3 is 2.82 bits per heavy atom. The minimum Gasteiger partial charge on any atom is -0.325 e. The molecule has 2 fully saturated rings. The molecule has 0 radical (unpaired) electrons. The van der Waals surface area contributed by atoms with E-state index in [0.717, 1.165) is 42.9 Å². The molecule has 2 N–H and O–H groups in total. The number of piperidine rings is 1. The summed E-state index contributed by atoms with van der Waals surface area (Å²) in [6.45, 7) is 6.37. The Morgan fingerprint density at radius 1 is 1.41 bits per heavy atom. The summed E-state index contributed by atoms with van der Waals surface area (Å²) >= 11 is 7.86. The van der Waals surface area contributed by atoms with Crippen LogP contribution in [-0.4, -0.2) is 24.2 Å². The molecule has 2 aliphatic rings. The molecule has 5 heteroatoms. The van der Waals surface area contributed by atoms with Crippen LogP contribution in [0.4, 0.5) is 5.69 Å². The molecule has 1 aliphatic heterocycles. The summed E-state index contributed by atoms with van der Waals surface area (Å²) in [6, 6.07) is 5.74. The van der Waals surface area contributed by atoms with Crippen molar-refractivity contribution in [2.75, 3.05) is 18.4 Å². The van der Waals surface area contributed by atoms with Gasteiger partial charge >= 0.3 is 0 Å². The summed E-state index contributed by atoms with van der Waals surface area (Å²) in [5, 5.41) is 7.63. The summed E-state index contributed by atoms with van der Waals surface area (Å²) in [6.07, 6.45) is 3.27. The van der Waals surface area contributed by atoms with E-state index in [4.69, 9.17) is 11.6 Å². The average Bonchev–Trinajstić information content (AvgIpc) is 3.16. The van der Waals surface area contributed by atoms with E-state index >= 15 is 0 Å². The van der Waals surface area contributed by atoms with E-state index in [1.54, 1.807) is 11.8 Å². The van der Waals surface area contributed by atoms with Crippen molar-refractivity contribution in [1.82, 2.24) is 5.32 Å². The van der Waals surface area contributed by atoms with E-state index in [1.165, 1.54) is 0 Å². The molecule has 1 aromatic carbocycles. The normalized spacial score (nSPS) is 22.8. The van der Waals surface area contributed by atoms with Crippen LogP contribution in [0.2, 0.25) is 5.02 Å². The fourth-order valence-corrected chi connectivity index (χ4v) is 4.44. The highest BCUT2D eigenvalue weighted by Crippen LogP contribution is 2.58. The van der Waals surface area contributed by atoms with Crippen molar-refractivity contribution in [3.8, 4) is 0 Å². The number of benzene rings is 1. The summed E-state index contributed by atoms with van der Waals surface area (Å²) in [5.74, 6) is 0.334. The van der Waals surface area contributed by atoms with Crippen LogP contribution in [0.5, 0.6) is 0 Å². The molecule has 1 amide bonds. The van der Waals surface area contributed by atoms with Gasteiger partial charge in [0.05, 0.1) is 5.69 Å². The number of hydrogen-bond acceptors (Lipinski definition) is 3. The van der Waals surface area contributed by atoms with Crippen molar-refractivity contribution in [2.45, 2.75) is 43.3 Å². The molecule has 120 valence electrons. The van der Waals surface area contributed by atoms with Crippen LogP contribution in [0.15, 0.2) is 23.1 Å². The van der Waals surface area contributed by atoms with Crippen LogP contribution in [0.25, 0.3) is 0 Å². The van der Waals surface area contributed by atoms with Crippen molar-refractivity contribution in [3.63, 3.8) is 0 Å². The van der Waals surface area contributed by atoms with E-state index in [9.17, 15) is 4.79 Å². The third-order valence-electron chi connectivity index (χ3n) is 4.67. The number of carbonyl (C=O) groups is 1. The lowest BCUT2D eigenvalue weighted by Gasteiger charge is -2.23. The SMILES string of the molecule is CC(C)Sc1ccc(Cl)cc1NC(=O)C1CC12CCNCC2. The van der Waals surface area contributed by atoms with Crippen LogP contribution in [0.1, 0.15) is 33.1 Å². The van der Waals surface area contributed by atoms with Crippen molar-refractivity contribution >= 4 is 35.0 Å². The second-order valence-corrected chi connectivity index (χ2v) is 8.72.